The Morgan fingerprint density at radius 3 is 2.62 bits per heavy atom. The molecule has 0 saturated heterocycles. The fraction of sp³-hybridized carbons (Fsp3) is 0.467. The van der Waals surface area contributed by atoms with E-state index in [9.17, 15) is 0 Å². The fourth-order valence-corrected chi connectivity index (χ4v) is 4.69. The third-order valence-corrected chi connectivity index (χ3v) is 5.78. The zero-order valence-electron chi connectivity index (χ0n) is 9.92. The number of benzene rings is 1. The lowest BCUT2D eigenvalue weighted by atomic mass is 9.74. The molecule has 0 aliphatic heterocycles. The molecule has 3 rings (SSSR count). The van der Waals surface area contributed by atoms with Crippen molar-refractivity contribution in [2.24, 2.45) is 0 Å². The molecular weight excluding hydrogens is 211 g/mol. The molecule has 0 radical (unpaired) electrons. The van der Waals surface area contributed by atoms with Crippen molar-refractivity contribution in [2.45, 2.75) is 44.4 Å². The van der Waals surface area contributed by atoms with Gasteiger partial charge in [-0.2, -0.15) is 0 Å². The molecular formula is C15H19P. The summed E-state index contributed by atoms with van der Waals surface area (Å²) in [5.41, 5.74) is 0.500. The minimum Gasteiger partial charge on any atom is -0.135 e. The van der Waals surface area contributed by atoms with Crippen LogP contribution in [0.1, 0.15) is 44.3 Å². The maximum atomic E-state index is 2.49. The van der Waals surface area contributed by atoms with Crippen molar-refractivity contribution in [1.82, 2.24) is 0 Å². The average Bonchev–Trinajstić information content (AvgIpc) is 2.74. The van der Waals surface area contributed by atoms with Crippen LogP contribution in [0.4, 0.5) is 0 Å². The van der Waals surface area contributed by atoms with Gasteiger partial charge in [0.2, 0.25) is 0 Å². The van der Waals surface area contributed by atoms with Crippen LogP contribution >= 0.6 is 8.19 Å². The van der Waals surface area contributed by atoms with Crippen molar-refractivity contribution in [3.63, 3.8) is 0 Å². The first kappa shape index (κ1) is 10.4. The van der Waals surface area contributed by atoms with Crippen molar-refractivity contribution < 1.29 is 0 Å². The number of rotatable bonds is 1. The van der Waals surface area contributed by atoms with Crippen LogP contribution in [0.15, 0.2) is 30.1 Å². The summed E-state index contributed by atoms with van der Waals surface area (Å²) in [7, 11) is 0.931. The van der Waals surface area contributed by atoms with Crippen LogP contribution in [0.2, 0.25) is 0 Å². The molecule has 0 nitrogen and oxygen atoms in total. The molecule has 16 heavy (non-hydrogen) atoms. The summed E-state index contributed by atoms with van der Waals surface area (Å²) in [4.78, 5) is 0. The highest BCUT2D eigenvalue weighted by Gasteiger charge is 2.30. The Morgan fingerprint density at radius 2 is 1.81 bits per heavy atom. The van der Waals surface area contributed by atoms with Crippen LogP contribution in [0.3, 0.4) is 0 Å². The van der Waals surface area contributed by atoms with Gasteiger partial charge in [-0.15, -0.1) is 8.19 Å². The molecule has 0 amide bonds. The molecule has 1 aliphatic carbocycles. The smallest absolute Gasteiger partial charge is 0.00342 e. The standard InChI is InChI=1S/C15H19P/c1-15(9-5-2-6-10-15)14-13-8-4-3-7-12(13)11-16-14/h3-4,7-8,11,16H,2,5-6,9-10H2,1H3. The lowest BCUT2D eigenvalue weighted by Crippen LogP contribution is -2.23. The van der Waals surface area contributed by atoms with E-state index in [1.165, 1.54) is 37.5 Å². The van der Waals surface area contributed by atoms with E-state index in [1.54, 1.807) is 10.7 Å². The lowest BCUT2D eigenvalue weighted by Gasteiger charge is -2.33. The van der Waals surface area contributed by atoms with Crippen LogP contribution in [-0.2, 0) is 5.41 Å². The lowest BCUT2D eigenvalue weighted by molar-refractivity contribution is 0.327. The predicted octanol–water partition coefficient (Wildman–Crippen LogP) is 5.09. The Hall–Kier alpha value is -0.740. The van der Waals surface area contributed by atoms with Gasteiger partial charge in [0, 0.05) is 0 Å². The fourth-order valence-electron chi connectivity index (χ4n) is 3.16. The highest BCUT2D eigenvalue weighted by molar-refractivity contribution is 7.31. The molecule has 2 aromatic rings. The number of fused-ring (bicyclic) bond motifs is 1. The molecule has 1 atom stereocenters. The van der Waals surface area contributed by atoms with Gasteiger partial charge in [0.25, 0.3) is 0 Å². The van der Waals surface area contributed by atoms with Crippen molar-refractivity contribution in [1.29, 1.82) is 0 Å². The summed E-state index contributed by atoms with van der Waals surface area (Å²) in [6.45, 7) is 2.49. The first-order valence-corrected chi connectivity index (χ1v) is 7.44. The summed E-state index contributed by atoms with van der Waals surface area (Å²) in [5.74, 6) is 2.44. The highest BCUT2D eigenvalue weighted by Crippen LogP contribution is 2.46. The third kappa shape index (κ3) is 1.60. The summed E-state index contributed by atoms with van der Waals surface area (Å²) in [6, 6.07) is 8.93. The average molecular weight is 230 g/mol. The summed E-state index contributed by atoms with van der Waals surface area (Å²) >= 11 is 0. The monoisotopic (exact) mass is 230 g/mol. The van der Waals surface area contributed by atoms with Gasteiger partial charge in [-0.3, -0.25) is 0 Å². The Bertz CT molecular complexity index is 489. The quantitative estimate of drug-likeness (QED) is 0.640. The summed E-state index contributed by atoms with van der Waals surface area (Å²) in [6.07, 6.45) is 7.09. The predicted molar refractivity (Wildman–Crippen MR) is 73.9 cm³/mol. The van der Waals surface area contributed by atoms with Gasteiger partial charge in [-0.1, -0.05) is 50.5 Å². The van der Waals surface area contributed by atoms with Gasteiger partial charge in [-0.25, -0.2) is 0 Å². The van der Waals surface area contributed by atoms with Crippen molar-refractivity contribution in [3.05, 3.63) is 35.4 Å². The van der Waals surface area contributed by atoms with E-state index in [2.05, 4.69) is 37.0 Å². The van der Waals surface area contributed by atoms with Crippen molar-refractivity contribution in [3.8, 4) is 0 Å². The Morgan fingerprint density at radius 1 is 1.06 bits per heavy atom. The van der Waals surface area contributed by atoms with Crippen molar-refractivity contribution >= 4 is 19.0 Å². The minimum absolute atomic E-state index is 0.500. The molecule has 1 aromatic carbocycles. The SMILES string of the molecule is CC1(c2[pH]cc3ccccc23)CCCCC1. The molecule has 84 valence electrons. The third-order valence-electron chi connectivity index (χ3n) is 4.16. The van der Waals surface area contributed by atoms with Crippen molar-refractivity contribution in [2.75, 3.05) is 0 Å². The molecule has 1 unspecified atom stereocenters. The van der Waals surface area contributed by atoms with Crippen LogP contribution < -0.4 is 0 Å². The Balaban J connectivity index is 2.11. The van der Waals surface area contributed by atoms with E-state index in [0.29, 0.717) is 5.41 Å². The first-order valence-electron chi connectivity index (χ1n) is 6.36. The molecule has 1 aliphatic rings. The van der Waals surface area contributed by atoms with E-state index >= 15 is 0 Å². The Kier molecular flexibility index (Phi) is 2.56. The molecule has 1 saturated carbocycles. The van der Waals surface area contributed by atoms with Crippen LogP contribution in [-0.4, -0.2) is 0 Å². The van der Waals surface area contributed by atoms with E-state index in [1.807, 2.05) is 0 Å². The van der Waals surface area contributed by atoms with Gasteiger partial charge in [0.05, 0.1) is 0 Å². The van der Waals surface area contributed by atoms with E-state index in [-0.39, 0.29) is 0 Å². The second kappa shape index (κ2) is 3.93. The van der Waals surface area contributed by atoms with Crippen LogP contribution in [0.5, 0.6) is 0 Å². The highest BCUT2D eigenvalue weighted by atomic mass is 31.0. The van der Waals surface area contributed by atoms with Gasteiger partial charge < -0.3 is 0 Å². The Labute approximate surface area is 99.1 Å². The van der Waals surface area contributed by atoms with E-state index < -0.39 is 0 Å². The molecule has 0 bridgehead atoms. The number of hydrogen-bond donors (Lipinski definition) is 0. The molecule has 1 aromatic heterocycles. The largest absolute Gasteiger partial charge is 0.135 e. The maximum absolute atomic E-state index is 2.49. The molecule has 1 fully saturated rings. The zero-order valence-corrected chi connectivity index (χ0v) is 10.9. The summed E-state index contributed by atoms with van der Waals surface area (Å²) in [5, 5.41) is 4.76. The summed E-state index contributed by atoms with van der Waals surface area (Å²) < 4.78 is 0. The second-order valence-electron chi connectivity index (χ2n) is 5.37. The molecule has 1 heteroatoms. The minimum atomic E-state index is 0.500. The van der Waals surface area contributed by atoms with Gasteiger partial charge in [0.1, 0.15) is 0 Å². The normalized spacial score (nSPS) is 20.6. The number of hydrogen-bond acceptors (Lipinski definition) is 0. The van der Waals surface area contributed by atoms with Gasteiger partial charge in [0.15, 0.2) is 0 Å². The molecule has 0 N–H and O–H groups in total. The topological polar surface area (TPSA) is 0 Å². The van der Waals surface area contributed by atoms with Gasteiger partial charge in [-0.05, 0) is 40.1 Å². The van der Waals surface area contributed by atoms with Crippen LogP contribution in [0, 0.1) is 0 Å². The molecule has 0 spiro atoms. The van der Waals surface area contributed by atoms with Gasteiger partial charge >= 0.3 is 0 Å². The van der Waals surface area contributed by atoms with E-state index in [0.717, 1.165) is 8.19 Å². The zero-order chi connectivity index (χ0) is 11.0. The molecule has 1 heterocycles. The maximum Gasteiger partial charge on any atom is -0.00342 e. The van der Waals surface area contributed by atoms with Crippen LogP contribution in [0.25, 0.3) is 10.8 Å². The second-order valence-corrected chi connectivity index (χ2v) is 6.45. The van der Waals surface area contributed by atoms with E-state index in [4.69, 9.17) is 0 Å². The first-order chi connectivity index (χ1) is 7.80.